The van der Waals surface area contributed by atoms with E-state index < -0.39 is 33.8 Å². The molecule has 0 saturated heterocycles. The largest absolute Gasteiger partial charge is 0.480 e. The van der Waals surface area contributed by atoms with Crippen LogP contribution in [0.3, 0.4) is 0 Å². The van der Waals surface area contributed by atoms with E-state index in [9.17, 15) is 18.0 Å². The van der Waals surface area contributed by atoms with Gasteiger partial charge in [0.05, 0.1) is 0 Å². The van der Waals surface area contributed by atoms with Gasteiger partial charge in [0.2, 0.25) is 5.91 Å². The van der Waals surface area contributed by atoms with E-state index >= 15 is 0 Å². The van der Waals surface area contributed by atoms with Gasteiger partial charge in [0.15, 0.2) is 0 Å². The first-order valence-electron chi connectivity index (χ1n) is 4.23. The second kappa shape index (κ2) is 5.66. The molecule has 0 heterocycles. The van der Waals surface area contributed by atoms with Crippen molar-refractivity contribution in [2.24, 2.45) is 0 Å². The fourth-order valence-corrected chi connectivity index (χ4v) is 1.53. The molecule has 0 rings (SSSR count). The number of nitrogens with one attached hydrogen (secondary N) is 1. The average molecular weight is 239 g/mol. The molecule has 15 heavy (non-hydrogen) atoms. The van der Waals surface area contributed by atoms with Crippen LogP contribution in [-0.4, -0.2) is 41.7 Å². The van der Waals surface area contributed by atoms with E-state index in [2.05, 4.69) is 0 Å². The summed E-state index contributed by atoms with van der Waals surface area (Å²) in [6.45, 7) is 1.72. The van der Waals surface area contributed by atoms with Crippen LogP contribution < -0.4 is 5.32 Å². The molecule has 0 aliphatic carbocycles. The number of rotatable bonds is 6. The average Bonchev–Trinajstić information content (AvgIpc) is 2.00. The molecular weight excluding hydrogens is 226 g/mol. The normalized spacial score (nSPS) is 13.2. The van der Waals surface area contributed by atoms with Crippen LogP contribution in [0.15, 0.2) is 0 Å². The lowest BCUT2D eigenvalue weighted by Gasteiger charge is -2.12. The summed E-state index contributed by atoms with van der Waals surface area (Å²) < 4.78 is 29.3. The Morgan fingerprint density at radius 2 is 1.93 bits per heavy atom. The van der Waals surface area contributed by atoms with Gasteiger partial charge in [-0.2, -0.15) is 8.42 Å². The molecule has 0 saturated carbocycles. The summed E-state index contributed by atoms with van der Waals surface area (Å²) in [4.78, 5) is 21.5. The Kier molecular flexibility index (Phi) is 5.23. The van der Waals surface area contributed by atoms with Gasteiger partial charge in [0, 0.05) is 6.42 Å². The van der Waals surface area contributed by atoms with Crippen molar-refractivity contribution in [3.8, 4) is 0 Å². The van der Waals surface area contributed by atoms with Crippen molar-refractivity contribution in [2.75, 3.05) is 5.75 Å². The number of hydrogen-bond donors (Lipinski definition) is 3. The summed E-state index contributed by atoms with van der Waals surface area (Å²) in [6.07, 6.45) is 0.624. The summed E-state index contributed by atoms with van der Waals surface area (Å²) in [5.74, 6) is -3.09. The zero-order valence-corrected chi connectivity index (χ0v) is 8.95. The van der Waals surface area contributed by atoms with Crippen LogP contribution in [0.25, 0.3) is 0 Å². The second-order valence-electron chi connectivity index (χ2n) is 2.96. The van der Waals surface area contributed by atoms with Gasteiger partial charge >= 0.3 is 5.97 Å². The minimum absolute atomic E-state index is 0.106. The van der Waals surface area contributed by atoms with Crippen LogP contribution in [0.5, 0.6) is 0 Å². The summed E-state index contributed by atoms with van der Waals surface area (Å²) in [6, 6.07) is -1.61. The van der Waals surface area contributed by atoms with E-state index in [4.69, 9.17) is 9.66 Å². The monoisotopic (exact) mass is 239 g/mol. The molecule has 0 aliphatic heterocycles. The van der Waals surface area contributed by atoms with Crippen LogP contribution in [0, 0.1) is 0 Å². The molecule has 8 heteroatoms. The number of carbonyl (C=O) groups excluding carboxylic acids is 1. The molecule has 1 amide bonds. The summed E-state index contributed by atoms with van der Waals surface area (Å²) in [7, 11) is -4.42. The molecular formula is C7H13NO6S. The van der Waals surface area contributed by atoms with Crippen molar-refractivity contribution in [3.05, 3.63) is 0 Å². The smallest absolute Gasteiger partial charge is 0.327 e. The van der Waals surface area contributed by atoms with Crippen molar-refractivity contribution in [1.82, 2.24) is 5.32 Å². The fraction of sp³-hybridized carbons (Fsp3) is 0.714. The third-order valence-corrected chi connectivity index (χ3v) is 2.24. The first-order valence-corrected chi connectivity index (χ1v) is 5.84. The SMILES string of the molecule is CCCC(=O)N[C@H](CS(=O)(=O)O)C(=O)O. The Morgan fingerprint density at radius 3 is 2.27 bits per heavy atom. The third-order valence-electron chi connectivity index (χ3n) is 1.49. The maximum absolute atomic E-state index is 11.0. The summed E-state index contributed by atoms with van der Waals surface area (Å²) >= 11 is 0. The Bertz CT molecular complexity index is 335. The van der Waals surface area contributed by atoms with E-state index in [0.717, 1.165) is 0 Å². The predicted octanol–water partition coefficient (Wildman–Crippen LogP) is -0.756. The number of carbonyl (C=O) groups is 2. The van der Waals surface area contributed by atoms with E-state index in [0.29, 0.717) is 6.42 Å². The topological polar surface area (TPSA) is 121 Å². The van der Waals surface area contributed by atoms with Crippen LogP contribution in [0.4, 0.5) is 0 Å². The van der Waals surface area contributed by atoms with Crippen molar-refractivity contribution in [1.29, 1.82) is 0 Å². The Hall–Kier alpha value is -1.15. The first kappa shape index (κ1) is 13.8. The van der Waals surface area contributed by atoms with Gasteiger partial charge < -0.3 is 10.4 Å². The van der Waals surface area contributed by atoms with E-state index in [-0.39, 0.29) is 6.42 Å². The third kappa shape index (κ3) is 6.86. The van der Waals surface area contributed by atoms with Crippen LogP contribution in [-0.2, 0) is 19.7 Å². The molecule has 1 atom stereocenters. The van der Waals surface area contributed by atoms with Crippen molar-refractivity contribution >= 4 is 22.0 Å². The zero-order chi connectivity index (χ0) is 12.1. The van der Waals surface area contributed by atoms with Crippen LogP contribution >= 0.6 is 0 Å². The molecule has 0 spiro atoms. The highest BCUT2D eigenvalue weighted by Crippen LogP contribution is 1.94. The molecule has 3 N–H and O–H groups in total. The molecule has 0 bridgehead atoms. The van der Waals surface area contributed by atoms with Gasteiger partial charge in [0.1, 0.15) is 11.8 Å². The highest BCUT2D eigenvalue weighted by atomic mass is 32.2. The molecule has 0 fully saturated rings. The lowest BCUT2D eigenvalue weighted by molar-refractivity contribution is -0.141. The van der Waals surface area contributed by atoms with E-state index in [1.165, 1.54) is 0 Å². The Labute approximate surface area is 87.2 Å². The van der Waals surface area contributed by atoms with Crippen molar-refractivity contribution in [3.63, 3.8) is 0 Å². The van der Waals surface area contributed by atoms with Crippen LogP contribution in [0.1, 0.15) is 19.8 Å². The molecule has 88 valence electrons. The van der Waals surface area contributed by atoms with Crippen LogP contribution in [0.2, 0.25) is 0 Å². The van der Waals surface area contributed by atoms with Crippen molar-refractivity contribution < 1.29 is 27.7 Å². The number of amides is 1. The summed E-state index contributed by atoms with van der Waals surface area (Å²) in [5, 5.41) is 10.6. The fourth-order valence-electron chi connectivity index (χ4n) is 0.879. The van der Waals surface area contributed by atoms with E-state index in [1.807, 2.05) is 5.32 Å². The van der Waals surface area contributed by atoms with Gasteiger partial charge in [-0.05, 0) is 6.42 Å². The summed E-state index contributed by atoms with van der Waals surface area (Å²) in [5.41, 5.74) is 0. The standard InChI is InChI=1S/C7H13NO6S/c1-2-3-6(9)8-5(7(10)11)4-15(12,13)14/h5H,2-4H2,1H3,(H,8,9)(H,10,11)(H,12,13,14)/t5-/m1/s1. The molecule has 0 aromatic heterocycles. The maximum Gasteiger partial charge on any atom is 0.327 e. The number of aliphatic carboxylic acids is 1. The molecule has 0 aliphatic rings. The number of hydrogen-bond acceptors (Lipinski definition) is 4. The highest BCUT2D eigenvalue weighted by Gasteiger charge is 2.25. The Balaban J connectivity index is 4.43. The second-order valence-corrected chi connectivity index (χ2v) is 4.45. The van der Waals surface area contributed by atoms with E-state index in [1.54, 1.807) is 6.92 Å². The highest BCUT2D eigenvalue weighted by molar-refractivity contribution is 7.85. The number of carboxylic acid groups (broad SMARTS) is 1. The van der Waals surface area contributed by atoms with Gasteiger partial charge in [-0.3, -0.25) is 9.35 Å². The van der Waals surface area contributed by atoms with Gasteiger partial charge in [0.25, 0.3) is 10.1 Å². The molecule has 0 radical (unpaired) electrons. The van der Waals surface area contributed by atoms with Gasteiger partial charge in [-0.25, -0.2) is 4.79 Å². The van der Waals surface area contributed by atoms with Gasteiger partial charge in [-0.1, -0.05) is 6.92 Å². The zero-order valence-electron chi connectivity index (χ0n) is 8.13. The maximum atomic E-state index is 11.0. The molecule has 0 unspecified atom stereocenters. The predicted molar refractivity (Wildman–Crippen MR) is 50.9 cm³/mol. The lowest BCUT2D eigenvalue weighted by Crippen LogP contribution is -2.45. The Morgan fingerprint density at radius 1 is 1.40 bits per heavy atom. The van der Waals surface area contributed by atoms with Crippen molar-refractivity contribution in [2.45, 2.75) is 25.8 Å². The number of carboxylic acids is 1. The van der Waals surface area contributed by atoms with Gasteiger partial charge in [-0.15, -0.1) is 0 Å². The molecule has 0 aromatic rings. The lowest BCUT2D eigenvalue weighted by atomic mass is 10.3. The molecule has 7 nitrogen and oxygen atoms in total. The minimum atomic E-state index is -4.42. The first-order chi connectivity index (χ1) is 6.76. The quantitative estimate of drug-likeness (QED) is 0.524. The minimum Gasteiger partial charge on any atom is -0.480 e. The molecule has 0 aromatic carbocycles.